The van der Waals surface area contributed by atoms with Gasteiger partial charge in [0.1, 0.15) is 5.02 Å². The molecule has 0 aliphatic carbocycles. The predicted molar refractivity (Wildman–Crippen MR) is 54.0 cm³/mol. The molecule has 0 N–H and O–H groups in total. The van der Waals surface area contributed by atoms with Crippen LogP contribution in [0.25, 0.3) is 0 Å². The number of hydrogen-bond acceptors (Lipinski definition) is 2. The van der Waals surface area contributed by atoms with Crippen LogP contribution in [0.5, 0.6) is 0 Å². The molecule has 1 heterocycles. The quantitative estimate of drug-likeness (QED) is 0.556. The first-order valence-electron chi connectivity index (χ1n) is 4.20. The highest BCUT2D eigenvalue weighted by atomic mass is 31.1. The molecule has 0 bridgehead atoms. The molecule has 2 atom stereocenters. The number of hydrogen-bond donors (Lipinski definition) is 0. The van der Waals surface area contributed by atoms with E-state index in [0.717, 1.165) is 12.8 Å². The average molecular weight is 245 g/mol. The molecule has 0 aromatic heterocycles. The van der Waals surface area contributed by atoms with Crippen LogP contribution >= 0.6 is 18.5 Å². The van der Waals surface area contributed by atoms with Gasteiger partial charge in [0, 0.05) is 0 Å². The van der Waals surface area contributed by atoms with E-state index < -0.39 is 17.0 Å². The van der Waals surface area contributed by atoms with E-state index >= 15 is 0 Å². The van der Waals surface area contributed by atoms with Gasteiger partial charge in [-0.15, -0.1) is 18.5 Å². The van der Waals surface area contributed by atoms with Gasteiger partial charge in [-0.3, -0.25) is 9.69 Å². The summed E-state index contributed by atoms with van der Waals surface area (Å²) in [6.45, 7) is 0.908. The summed E-state index contributed by atoms with van der Waals surface area (Å²) in [5, 5.41) is -1.89. The lowest BCUT2D eigenvalue weighted by Gasteiger charge is -2.38. The first-order chi connectivity index (χ1) is 6.30. The number of rotatable bonds is 3. The van der Waals surface area contributed by atoms with E-state index in [1.54, 1.807) is 0 Å². The molecule has 7 heteroatoms. The van der Waals surface area contributed by atoms with Crippen molar-refractivity contribution in [2.24, 2.45) is 0 Å². The van der Waals surface area contributed by atoms with Crippen LogP contribution in [0.15, 0.2) is 0 Å². The van der Waals surface area contributed by atoms with Gasteiger partial charge < -0.3 is 0 Å². The van der Waals surface area contributed by atoms with E-state index in [1.165, 1.54) is 4.90 Å². The molecule has 14 heavy (non-hydrogen) atoms. The molecule has 0 amide bonds. The van der Waals surface area contributed by atoms with E-state index in [2.05, 4.69) is 0 Å². The maximum Gasteiger partial charge on any atom is 0.373 e. The van der Waals surface area contributed by atoms with Crippen molar-refractivity contribution in [3.8, 4) is 0 Å². The fraction of sp³-hybridized carbons (Fsp3) is 0.857. The van der Waals surface area contributed by atoms with Gasteiger partial charge in [-0.25, -0.2) is 0 Å². The molecule has 0 aromatic carbocycles. The van der Waals surface area contributed by atoms with E-state index in [0.29, 0.717) is 13.1 Å². The van der Waals surface area contributed by atoms with Gasteiger partial charge in [-0.1, -0.05) is 0 Å². The summed E-state index contributed by atoms with van der Waals surface area (Å²) >= 11 is 0. The maximum atomic E-state index is 13.2. The summed E-state index contributed by atoms with van der Waals surface area (Å²) in [4.78, 5) is 11.6. The Kier molecular flexibility index (Phi) is 3.56. The molecular formula is C7H12F3NOP2. The molecule has 1 aliphatic rings. The fourth-order valence-electron chi connectivity index (χ4n) is 1.44. The van der Waals surface area contributed by atoms with E-state index in [9.17, 15) is 18.0 Å². The largest absolute Gasteiger partial charge is 0.373 e. The minimum absolute atomic E-state index is 0.454. The van der Waals surface area contributed by atoms with Gasteiger partial charge in [0.05, 0.1) is 0 Å². The fourth-order valence-corrected chi connectivity index (χ4v) is 2.19. The van der Waals surface area contributed by atoms with Crippen molar-refractivity contribution in [3.05, 3.63) is 0 Å². The van der Waals surface area contributed by atoms with Crippen molar-refractivity contribution in [2.45, 2.75) is 23.8 Å². The Balaban J connectivity index is 2.86. The van der Waals surface area contributed by atoms with Crippen LogP contribution in [0.3, 0.4) is 0 Å². The second-order valence-electron chi connectivity index (χ2n) is 3.37. The first-order valence-corrected chi connectivity index (χ1v) is 5.36. The predicted octanol–water partition coefficient (Wildman–Crippen LogP) is 1.62. The Morgan fingerprint density at radius 3 is 2.00 bits per heavy atom. The highest BCUT2D eigenvalue weighted by molar-refractivity contribution is 7.40. The number of carbonyl (C=O) groups excluding carboxylic acids is 1. The lowest BCUT2D eigenvalue weighted by Crippen LogP contribution is -2.53. The van der Waals surface area contributed by atoms with Crippen molar-refractivity contribution in [2.75, 3.05) is 13.1 Å². The Hall–Kier alpha value is 0.280. The van der Waals surface area contributed by atoms with Crippen LogP contribution in [0.2, 0.25) is 0 Å². The monoisotopic (exact) mass is 245 g/mol. The molecule has 1 fully saturated rings. The zero-order valence-electron chi connectivity index (χ0n) is 7.47. The SMILES string of the molecule is O=C(F)C(F)(F)C(P)(P)N1CCCC1. The summed E-state index contributed by atoms with van der Waals surface area (Å²) < 4.78 is 38.5. The van der Waals surface area contributed by atoms with Crippen molar-refractivity contribution >= 4 is 24.5 Å². The van der Waals surface area contributed by atoms with Gasteiger partial charge in [0.2, 0.25) is 0 Å². The molecular weight excluding hydrogens is 233 g/mol. The van der Waals surface area contributed by atoms with Crippen LogP contribution in [-0.2, 0) is 4.79 Å². The number of alkyl halides is 2. The summed E-state index contributed by atoms with van der Waals surface area (Å²) in [5.74, 6) is -3.99. The lowest BCUT2D eigenvalue weighted by molar-refractivity contribution is -0.162. The summed E-state index contributed by atoms with van der Waals surface area (Å²) in [6, 6.07) is -2.59. The van der Waals surface area contributed by atoms with Gasteiger partial charge in [0.15, 0.2) is 0 Å². The van der Waals surface area contributed by atoms with Crippen molar-refractivity contribution in [1.29, 1.82) is 0 Å². The van der Waals surface area contributed by atoms with Gasteiger partial charge in [-0.05, 0) is 25.9 Å². The topological polar surface area (TPSA) is 20.3 Å². The zero-order valence-corrected chi connectivity index (χ0v) is 9.78. The van der Waals surface area contributed by atoms with Crippen molar-refractivity contribution in [1.82, 2.24) is 4.90 Å². The van der Waals surface area contributed by atoms with Crippen LogP contribution < -0.4 is 0 Å². The number of likely N-dealkylation sites (tertiary alicyclic amines) is 1. The number of nitrogens with zero attached hydrogens (tertiary/aromatic N) is 1. The molecule has 0 spiro atoms. The third kappa shape index (κ3) is 1.95. The van der Waals surface area contributed by atoms with Crippen LogP contribution in [-0.4, -0.2) is 35.0 Å². The van der Waals surface area contributed by atoms with Gasteiger partial charge >= 0.3 is 12.0 Å². The average Bonchev–Trinajstić information content (AvgIpc) is 2.55. The van der Waals surface area contributed by atoms with Crippen molar-refractivity contribution < 1.29 is 18.0 Å². The Morgan fingerprint density at radius 2 is 1.64 bits per heavy atom. The van der Waals surface area contributed by atoms with E-state index in [4.69, 9.17) is 0 Å². The molecule has 2 nitrogen and oxygen atoms in total. The smallest absolute Gasteiger partial charge is 0.286 e. The summed E-state index contributed by atoms with van der Waals surface area (Å²) in [6.07, 6.45) is 1.59. The molecule has 1 saturated heterocycles. The molecule has 82 valence electrons. The Labute approximate surface area is 85.0 Å². The van der Waals surface area contributed by atoms with E-state index in [-0.39, 0.29) is 0 Å². The zero-order chi connectivity index (χ0) is 11.0. The molecule has 0 saturated carbocycles. The Morgan fingerprint density at radius 1 is 1.21 bits per heavy atom. The van der Waals surface area contributed by atoms with Gasteiger partial charge in [-0.2, -0.15) is 13.2 Å². The maximum absolute atomic E-state index is 13.2. The number of carbonyl (C=O) groups is 1. The Bertz CT molecular complexity index is 241. The van der Waals surface area contributed by atoms with Crippen LogP contribution in [0.4, 0.5) is 13.2 Å². The third-order valence-corrected chi connectivity index (χ3v) is 3.83. The van der Waals surface area contributed by atoms with Crippen LogP contribution in [0.1, 0.15) is 12.8 Å². The molecule has 0 radical (unpaired) electrons. The van der Waals surface area contributed by atoms with E-state index in [1.807, 2.05) is 18.5 Å². The highest BCUT2D eigenvalue weighted by Crippen LogP contribution is 2.47. The van der Waals surface area contributed by atoms with Crippen molar-refractivity contribution in [3.63, 3.8) is 0 Å². The molecule has 1 aliphatic heterocycles. The normalized spacial score (nSPS) is 20.1. The lowest BCUT2D eigenvalue weighted by atomic mass is 10.3. The summed E-state index contributed by atoms with van der Waals surface area (Å²) in [7, 11) is 3.70. The van der Waals surface area contributed by atoms with Gasteiger partial charge in [0.25, 0.3) is 0 Å². The summed E-state index contributed by atoms with van der Waals surface area (Å²) in [5.41, 5.74) is 0. The minimum atomic E-state index is -3.99. The second-order valence-corrected chi connectivity index (χ2v) is 5.79. The van der Waals surface area contributed by atoms with Crippen LogP contribution in [0, 0.1) is 0 Å². The number of halogens is 3. The third-order valence-electron chi connectivity index (χ3n) is 2.38. The first kappa shape index (κ1) is 12.4. The molecule has 1 rings (SSSR count). The highest BCUT2D eigenvalue weighted by Gasteiger charge is 2.57. The minimum Gasteiger partial charge on any atom is -0.286 e. The molecule has 2 unspecified atom stereocenters. The molecule has 0 aromatic rings. The standard InChI is InChI=1S/C7H12F3NOP2/c8-5(12)6(9,10)7(13,14)11-3-1-2-4-11/h1-4,13-14H2. The second kappa shape index (κ2) is 4.03.